The van der Waals surface area contributed by atoms with Gasteiger partial charge >= 0.3 is 0 Å². The van der Waals surface area contributed by atoms with Crippen LogP contribution in [-0.2, 0) is 14.8 Å². The summed E-state index contributed by atoms with van der Waals surface area (Å²) in [7, 11) is -3.46. The van der Waals surface area contributed by atoms with Crippen molar-refractivity contribution in [3.8, 4) is 0 Å². The number of hydrogen-bond acceptors (Lipinski definition) is 4. The fourth-order valence-corrected chi connectivity index (χ4v) is 4.20. The fraction of sp³-hybridized carbons (Fsp3) is 0.667. The smallest absolute Gasteiger partial charge is 0.239 e. The first-order chi connectivity index (χ1) is 9.81. The van der Waals surface area contributed by atoms with Crippen molar-refractivity contribution in [1.82, 2.24) is 10.0 Å². The Bertz CT molecular complexity index is 642. The summed E-state index contributed by atoms with van der Waals surface area (Å²) in [6.07, 6.45) is 1.06. The van der Waals surface area contributed by atoms with Crippen molar-refractivity contribution in [3.05, 3.63) is 21.4 Å². The molecule has 1 amide bonds. The van der Waals surface area contributed by atoms with Gasteiger partial charge in [-0.1, -0.05) is 20.8 Å². The van der Waals surface area contributed by atoms with E-state index in [0.29, 0.717) is 0 Å². The van der Waals surface area contributed by atoms with E-state index in [0.717, 1.165) is 16.7 Å². The maximum atomic E-state index is 12.5. The Morgan fingerprint density at radius 2 is 1.82 bits per heavy atom. The molecule has 5 nitrogen and oxygen atoms in total. The number of thiophene rings is 1. The lowest BCUT2D eigenvalue weighted by Crippen LogP contribution is -2.53. The predicted molar refractivity (Wildman–Crippen MR) is 91.6 cm³/mol. The van der Waals surface area contributed by atoms with E-state index in [1.165, 1.54) is 4.88 Å². The minimum Gasteiger partial charge on any atom is -0.348 e. The average Bonchev–Trinajstić information content (AvgIpc) is 2.62. The molecule has 0 aromatic carbocycles. The lowest BCUT2D eigenvalue weighted by molar-refractivity contribution is -0.125. The van der Waals surface area contributed by atoms with E-state index in [1.807, 2.05) is 41.5 Å². The second-order valence-electron chi connectivity index (χ2n) is 6.79. The van der Waals surface area contributed by atoms with Gasteiger partial charge in [-0.05, 0) is 37.8 Å². The van der Waals surface area contributed by atoms with Crippen LogP contribution in [0.5, 0.6) is 0 Å². The Kier molecular flexibility index (Phi) is 5.81. The number of amides is 1. The summed E-state index contributed by atoms with van der Waals surface area (Å²) < 4.78 is 25.5. The molecular weight excluding hydrogens is 320 g/mol. The van der Waals surface area contributed by atoms with Gasteiger partial charge in [0.15, 0.2) is 0 Å². The van der Waals surface area contributed by atoms with Gasteiger partial charge in [0.1, 0.15) is 6.04 Å². The molecule has 2 N–H and O–H groups in total. The first-order valence-corrected chi connectivity index (χ1v) is 9.86. The van der Waals surface area contributed by atoms with Crippen molar-refractivity contribution < 1.29 is 13.2 Å². The third kappa shape index (κ3) is 5.37. The van der Waals surface area contributed by atoms with Gasteiger partial charge < -0.3 is 5.32 Å². The molecule has 0 saturated carbocycles. The van der Waals surface area contributed by atoms with E-state index in [4.69, 9.17) is 0 Å². The van der Waals surface area contributed by atoms with Crippen molar-refractivity contribution in [2.45, 2.75) is 53.6 Å². The fourth-order valence-electron chi connectivity index (χ4n) is 2.29. The Balaban J connectivity index is 2.94. The summed E-state index contributed by atoms with van der Waals surface area (Å²) >= 11 is 1.69. The van der Waals surface area contributed by atoms with Crippen LogP contribution >= 0.6 is 11.3 Å². The van der Waals surface area contributed by atoms with Gasteiger partial charge in [-0.3, -0.25) is 4.79 Å². The molecule has 0 unspecified atom stereocenters. The van der Waals surface area contributed by atoms with Crippen molar-refractivity contribution in [2.24, 2.45) is 5.41 Å². The molecule has 0 saturated heterocycles. The topological polar surface area (TPSA) is 75.3 Å². The number of carbonyl (C=O) groups is 1. The van der Waals surface area contributed by atoms with Crippen LogP contribution in [-0.4, -0.2) is 26.6 Å². The van der Waals surface area contributed by atoms with Crippen LogP contribution in [0.25, 0.3) is 0 Å². The van der Waals surface area contributed by atoms with Crippen LogP contribution in [0.15, 0.2) is 6.07 Å². The molecule has 0 fully saturated rings. The summed E-state index contributed by atoms with van der Waals surface area (Å²) in [5, 5.41) is 2.92. The van der Waals surface area contributed by atoms with Gasteiger partial charge in [-0.15, -0.1) is 11.3 Å². The molecule has 0 bridgehead atoms. The van der Waals surface area contributed by atoms with Crippen LogP contribution in [0.2, 0.25) is 0 Å². The largest absolute Gasteiger partial charge is 0.348 e. The molecule has 126 valence electrons. The lowest BCUT2D eigenvalue weighted by atomic mass is 9.86. The standard InChI is InChI=1S/C15H26N2O3S2/c1-9-8-12(11(3)21-9)10(2)16-14(18)13(15(4,5)6)17-22(7,19)20/h8,10,13,17H,1-7H3,(H,16,18)/t10-,13+/m1/s1. The lowest BCUT2D eigenvalue weighted by Gasteiger charge is -2.30. The molecule has 1 aromatic rings. The summed E-state index contributed by atoms with van der Waals surface area (Å²) in [5.74, 6) is -0.311. The molecular formula is C15H26N2O3S2. The summed E-state index contributed by atoms with van der Waals surface area (Å²) in [5.41, 5.74) is 0.551. The van der Waals surface area contributed by atoms with Crippen molar-refractivity contribution in [3.63, 3.8) is 0 Å². The van der Waals surface area contributed by atoms with E-state index in [9.17, 15) is 13.2 Å². The molecule has 7 heteroatoms. The number of aryl methyl sites for hydroxylation is 2. The molecule has 0 aliphatic rings. The van der Waals surface area contributed by atoms with Crippen LogP contribution in [0.4, 0.5) is 0 Å². The molecule has 0 aliphatic carbocycles. The minimum absolute atomic E-state index is 0.163. The number of carbonyl (C=O) groups excluding carboxylic acids is 1. The van der Waals surface area contributed by atoms with E-state index < -0.39 is 21.5 Å². The van der Waals surface area contributed by atoms with Gasteiger partial charge in [0.2, 0.25) is 15.9 Å². The van der Waals surface area contributed by atoms with Crippen molar-refractivity contribution >= 4 is 27.3 Å². The molecule has 1 heterocycles. The first kappa shape index (κ1) is 19.1. The Morgan fingerprint density at radius 3 is 2.18 bits per heavy atom. The van der Waals surface area contributed by atoms with Crippen LogP contribution in [0.1, 0.15) is 49.1 Å². The van der Waals surface area contributed by atoms with E-state index in [1.54, 1.807) is 11.3 Å². The molecule has 0 aliphatic heterocycles. The van der Waals surface area contributed by atoms with Crippen molar-refractivity contribution in [1.29, 1.82) is 0 Å². The SMILES string of the molecule is Cc1cc([C@@H](C)NC(=O)[C@H](NS(C)(=O)=O)C(C)(C)C)c(C)s1. The maximum absolute atomic E-state index is 12.5. The average molecular weight is 347 g/mol. The maximum Gasteiger partial charge on any atom is 0.239 e. The third-order valence-corrected chi connectivity index (χ3v) is 5.01. The van der Waals surface area contributed by atoms with Crippen LogP contribution in [0, 0.1) is 19.3 Å². The Hall–Kier alpha value is -0.920. The molecule has 2 atom stereocenters. The second-order valence-corrected chi connectivity index (χ2v) is 10.0. The zero-order valence-corrected chi connectivity index (χ0v) is 15.9. The number of nitrogens with one attached hydrogen (secondary N) is 2. The second kappa shape index (κ2) is 6.68. The minimum atomic E-state index is -3.46. The van der Waals surface area contributed by atoms with E-state index >= 15 is 0 Å². The summed E-state index contributed by atoms with van der Waals surface area (Å²) in [4.78, 5) is 14.9. The zero-order chi connectivity index (χ0) is 17.3. The van der Waals surface area contributed by atoms with E-state index in [-0.39, 0.29) is 11.9 Å². The highest BCUT2D eigenvalue weighted by molar-refractivity contribution is 7.88. The van der Waals surface area contributed by atoms with Crippen molar-refractivity contribution in [2.75, 3.05) is 6.26 Å². The van der Waals surface area contributed by atoms with Gasteiger partial charge in [0.05, 0.1) is 12.3 Å². The zero-order valence-electron chi connectivity index (χ0n) is 14.3. The quantitative estimate of drug-likeness (QED) is 0.860. The highest BCUT2D eigenvalue weighted by Gasteiger charge is 2.34. The Labute approximate surface area is 137 Å². The molecule has 0 radical (unpaired) electrons. The van der Waals surface area contributed by atoms with Crippen LogP contribution in [0.3, 0.4) is 0 Å². The summed E-state index contributed by atoms with van der Waals surface area (Å²) in [6.45, 7) is 11.5. The highest BCUT2D eigenvalue weighted by Crippen LogP contribution is 2.27. The van der Waals surface area contributed by atoms with Gasteiger partial charge in [0, 0.05) is 9.75 Å². The van der Waals surface area contributed by atoms with E-state index in [2.05, 4.69) is 16.1 Å². The Morgan fingerprint density at radius 1 is 1.27 bits per heavy atom. The number of rotatable bonds is 5. The number of sulfonamides is 1. The van der Waals surface area contributed by atoms with Gasteiger partial charge in [-0.2, -0.15) is 0 Å². The molecule has 0 spiro atoms. The molecule has 1 aromatic heterocycles. The summed E-state index contributed by atoms with van der Waals surface area (Å²) in [6, 6.07) is 1.08. The third-order valence-electron chi connectivity index (χ3n) is 3.36. The predicted octanol–water partition coefficient (Wildman–Crippen LogP) is 2.51. The van der Waals surface area contributed by atoms with Gasteiger partial charge in [0.25, 0.3) is 0 Å². The molecule has 1 rings (SSSR count). The molecule has 22 heavy (non-hydrogen) atoms. The normalized spacial score (nSPS) is 15.4. The number of hydrogen-bond donors (Lipinski definition) is 2. The first-order valence-electron chi connectivity index (χ1n) is 7.16. The monoisotopic (exact) mass is 346 g/mol. The van der Waals surface area contributed by atoms with Crippen LogP contribution < -0.4 is 10.0 Å². The van der Waals surface area contributed by atoms with Gasteiger partial charge in [-0.25, -0.2) is 13.1 Å². The highest BCUT2D eigenvalue weighted by atomic mass is 32.2.